The fourth-order valence-corrected chi connectivity index (χ4v) is 3.55. The number of hydrogen-bond acceptors (Lipinski definition) is 2. The molecule has 1 aliphatic heterocycles. The van der Waals surface area contributed by atoms with Crippen molar-refractivity contribution in [3.05, 3.63) is 29.6 Å². The molecule has 27 heavy (non-hydrogen) atoms. The van der Waals surface area contributed by atoms with Crippen LogP contribution in [0.1, 0.15) is 27.2 Å². The molecule has 1 fully saturated rings. The summed E-state index contributed by atoms with van der Waals surface area (Å²) in [5.41, 5.74) is -0.427. The Balaban J connectivity index is 1.95. The summed E-state index contributed by atoms with van der Waals surface area (Å²) < 4.78 is 39.9. The second-order valence-electron chi connectivity index (χ2n) is 7.71. The molecule has 1 aliphatic rings. The molecule has 5 nitrogen and oxygen atoms in total. The van der Waals surface area contributed by atoms with Gasteiger partial charge in [-0.25, -0.2) is 13.2 Å². The van der Waals surface area contributed by atoms with Crippen LogP contribution in [0.15, 0.2) is 12.1 Å². The third-order valence-corrected chi connectivity index (χ3v) is 5.04. The van der Waals surface area contributed by atoms with Gasteiger partial charge in [-0.3, -0.25) is 9.59 Å². The molecule has 8 heteroatoms. The number of nitrogens with one attached hydrogen (secondary N) is 2. The van der Waals surface area contributed by atoms with Crippen molar-refractivity contribution in [2.45, 2.75) is 33.2 Å². The van der Waals surface area contributed by atoms with Crippen molar-refractivity contribution in [2.75, 3.05) is 32.0 Å². The first kappa shape index (κ1) is 21.2. The van der Waals surface area contributed by atoms with Gasteiger partial charge in [-0.15, -0.1) is 0 Å². The Morgan fingerprint density at radius 1 is 1.19 bits per heavy atom. The minimum Gasteiger partial charge on any atom is -0.337 e. The van der Waals surface area contributed by atoms with Gasteiger partial charge in [-0.2, -0.15) is 0 Å². The van der Waals surface area contributed by atoms with Crippen molar-refractivity contribution >= 4 is 17.5 Å². The van der Waals surface area contributed by atoms with Gasteiger partial charge in [0.15, 0.2) is 30.0 Å². The number of hydrogen-bond donors (Lipinski definition) is 2. The summed E-state index contributed by atoms with van der Waals surface area (Å²) >= 11 is 0. The van der Waals surface area contributed by atoms with E-state index in [2.05, 4.69) is 19.2 Å². The van der Waals surface area contributed by atoms with Crippen LogP contribution >= 0.6 is 0 Å². The lowest BCUT2D eigenvalue weighted by Crippen LogP contribution is -3.15. The van der Waals surface area contributed by atoms with Crippen LogP contribution in [0.4, 0.5) is 18.9 Å². The predicted octanol–water partition coefficient (Wildman–Crippen LogP) is 1.45. The van der Waals surface area contributed by atoms with Crippen molar-refractivity contribution < 1.29 is 27.7 Å². The van der Waals surface area contributed by atoms with Crippen LogP contribution in [-0.4, -0.2) is 49.4 Å². The zero-order valence-corrected chi connectivity index (χ0v) is 16.1. The maximum absolute atomic E-state index is 13.7. The second-order valence-corrected chi connectivity index (χ2v) is 7.71. The van der Waals surface area contributed by atoms with Gasteiger partial charge in [0.05, 0.1) is 12.7 Å². The quantitative estimate of drug-likeness (QED) is 0.753. The van der Waals surface area contributed by atoms with E-state index in [1.54, 1.807) is 14.0 Å². The molecule has 1 aromatic carbocycles. The van der Waals surface area contributed by atoms with E-state index in [1.165, 1.54) is 0 Å². The first-order chi connectivity index (χ1) is 12.6. The molecule has 1 aromatic rings. The van der Waals surface area contributed by atoms with Gasteiger partial charge in [0.2, 0.25) is 0 Å². The molecular formula is C19H27F3N3O2+. The number of likely N-dealkylation sites (N-methyl/N-ethyl adjacent to an activating group) is 1. The first-order valence-corrected chi connectivity index (χ1v) is 9.14. The summed E-state index contributed by atoms with van der Waals surface area (Å²) in [6, 6.07) is 1.25. The van der Waals surface area contributed by atoms with E-state index < -0.39 is 35.1 Å². The standard InChI is InChI=1S/C19H26F3N3O2/c1-11-7-12(2)9-25(8-11)19(27)13(3)24(4)10-16(26)23-15-6-5-14(20)17(21)18(15)22/h5-6,11-13H,7-10H2,1-4H3,(H,23,26)/p+1/t11-,12+,13-/m1/s1. The highest BCUT2D eigenvalue weighted by atomic mass is 19.2. The molecule has 150 valence electrons. The fraction of sp³-hybridized carbons (Fsp3) is 0.579. The monoisotopic (exact) mass is 386 g/mol. The fourth-order valence-electron chi connectivity index (χ4n) is 3.55. The van der Waals surface area contributed by atoms with E-state index in [-0.39, 0.29) is 12.5 Å². The summed E-state index contributed by atoms with van der Waals surface area (Å²) in [7, 11) is 1.69. The number of amides is 2. The second kappa shape index (κ2) is 8.73. The van der Waals surface area contributed by atoms with Gasteiger partial charge in [0.1, 0.15) is 0 Å². The van der Waals surface area contributed by atoms with E-state index in [1.807, 2.05) is 4.90 Å². The number of carbonyl (C=O) groups excluding carboxylic acids is 2. The van der Waals surface area contributed by atoms with Crippen molar-refractivity contribution in [1.29, 1.82) is 0 Å². The Morgan fingerprint density at radius 3 is 2.37 bits per heavy atom. The summed E-state index contributed by atoms with van der Waals surface area (Å²) in [5.74, 6) is -4.14. The third kappa shape index (κ3) is 5.22. The Labute approximate surface area is 157 Å². The van der Waals surface area contributed by atoms with Crippen LogP contribution < -0.4 is 10.2 Å². The molecule has 2 amide bonds. The predicted molar refractivity (Wildman–Crippen MR) is 95.7 cm³/mol. The Kier molecular flexibility index (Phi) is 6.86. The number of benzene rings is 1. The van der Waals surface area contributed by atoms with Crippen LogP contribution in [0.5, 0.6) is 0 Å². The summed E-state index contributed by atoms with van der Waals surface area (Å²) in [4.78, 5) is 27.3. The number of carbonyl (C=O) groups is 2. The Morgan fingerprint density at radius 2 is 1.78 bits per heavy atom. The minimum atomic E-state index is -1.63. The van der Waals surface area contributed by atoms with Gasteiger partial charge < -0.3 is 15.1 Å². The molecule has 1 saturated heterocycles. The maximum Gasteiger partial charge on any atom is 0.280 e. The van der Waals surface area contributed by atoms with Crippen molar-refractivity contribution in [1.82, 2.24) is 4.90 Å². The number of likely N-dealkylation sites (tertiary alicyclic amines) is 1. The van der Waals surface area contributed by atoms with Crippen LogP contribution in [0.25, 0.3) is 0 Å². The molecule has 0 spiro atoms. The number of halogens is 3. The van der Waals surface area contributed by atoms with E-state index >= 15 is 0 Å². The molecule has 2 rings (SSSR count). The zero-order chi connectivity index (χ0) is 20.3. The minimum absolute atomic E-state index is 0.0299. The van der Waals surface area contributed by atoms with Crippen LogP contribution in [-0.2, 0) is 9.59 Å². The lowest BCUT2D eigenvalue weighted by atomic mass is 9.91. The Hall–Kier alpha value is -2.09. The molecule has 4 atom stereocenters. The van der Waals surface area contributed by atoms with Gasteiger partial charge >= 0.3 is 0 Å². The third-order valence-electron chi connectivity index (χ3n) is 5.04. The van der Waals surface area contributed by atoms with Gasteiger partial charge in [0.25, 0.3) is 11.8 Å². The van der Waals surface area contributed by atoms with Crippen molar-refractivity contribution in [3.63, 3.8) is 0 Å². The first-order valence-electron chi connectivity index (χ1n) is 9.14. The highest BCUT2D eigenvalue weighted by molar-refractivity contribution is 5.91. The number of anilines is 1. The molecular weight excluding hydrogens is 359 g/mol. The lowest BCUT2D eigenvalue weighted by molar-refractivity contribution is -0.886. The van der Waals surface area contributed by atoms with Gasteiger partial charge in [-0.05, 0) is 37.3 Å². The molecule has 1 unspecified atom stereocenters. The smallest absolute Gasteiger partial charge is 0.280 e. The maximum atomic E-state index is 13.7. The molecule has 0 saturated carbocycles. The van der Waals surface area contributed by atoms with Crippen LogP contribution in [0.2, 0.25) is 0 Å². The zero-order valence-electron chi connectivity index (χ0n) is 16.1. The van der Waals surface area contributed by atoms with Crippen molar-refractivity contribution in [2.24, 2.45) is 11.8 Å². The Bertz CT molecular complexity index is 704. The summed E-state index contributed by atoms with van der Waals surface area (Å²) in [6.45, 7) is 7.26. The number of nitrogens with zero attached hydrogens (tertiary/aromatic N) is 1. The lowest BCUT2D eigenvalue weighted by Gasteiger charge is -2.36. The topological polar surface area (TPSA) is 53.9 Å². The van der Waals surface area contributed by atoms with E-state index in [0.29, 0.717) is 29.8 Å². The normalized spacial score (nSPS) is 22.3. The average Bonchev–Trinajstić information content (AvgIpc) is 2.60. The molecule has 2 N–H and O–H groups in total. The number of piperidine rings is 1. The molecule has 0 bridgehead atoms. The van der Waals surface area contributed by atoms with Crippen molar-refractivity contribution in [3.8, 4) is 0 Å². The van der Waals surface area contributed by atoms with Gasteiger partial charge in [0, 0.05) is 13.1 Å². The summed E-state index contributed by atoms with van der Waals surface area (Å²) in [5, 5.41) is 2.23. The van der Waals surface area contributed by atoms with Crippen LogP contribution in [0.3, 0.4) is 0 Å². The van der Waals surface area contributed by atoms with Gasteiger partial charge in [-0.1, -0.05) is 13.8 Å². The van der Waals surface area contributed by atoms with E-state index in [9.17, 15) is 22.8 Å². The highest BCUT2D eigenvalue weighted by Crippen LogP contribution is 2.21. The molecule has 0 radical (unpaired) electrons. The average molecular weight is 386 g/mol. The number of rotatable bonds is 5. The summed E-state index contributed by atoms with van der Waals surface area (Å²) in [6.07, 6.45) is 1.09. The number of quaternary nitrogens is 1. The van der Waals surface area contributed by atoms with Crippen LogP contribution in [0, 0.1) is 29.3 Å². The van der Waals surface area contributed by atoms with E-state index in [4.69, 9.17) is 0 Å². The highest BCUT2D eigenvalue weighted by Gasteiger charge is 2.32. The molecule has 0 aliphatic carbocycles. The van der Waals surface area contributed by atoms with E-state index in [0.717, 1.165) is 18.6 Å². The largest absolute Gasteiger partial charge is 0.337 e. The SMILES string of the molecule is C[C@@H]1C[C@H](C)CN(C(=O)[C@@H](C)[NH+](C)CC(=O)Nc2ccc(F)c(F)c2F)C1. The molecule has 0 aromatic heterocycles. The molecule has 1 heterocycles.